The van der Waals surface area contributed by atoms with Gasteiger partial charge >= 0.3 is 5.97 Å². The normalized spacial score (nSPS) is 17.1. The van der Waals surface area contributed by atoms with E-state index in [-0.39, 0.29) is 23.9 Å². The lowest BCUT2D eigenvalue weighted by Crippen LogP contribution is -2.39. The first kappa shape index (κ1) is 20.8. The number of amides is 2. The molecule has 1 aromatic carbocycles. The van der Waals surface area contributed by atoms with Gasteiger partial charge in [-0.2, -0.15) is 0 Å². The summed E-state index contributed by atoms with van der Waals surface area (Å²) in [5.41, 5.74) is 0.241. The first-order valence-corrected chi connectivity index (χ1v) is 8.98. The number of hydrogen-bond acceptors (Lipinski definition) is 3. The summed E-state index contributed by atoms with van der Waals surface area (Å²) >= 11 is 0. The molecule has 2 amide bonds. The summed E-state index contributed by atoms with van der Waals surface area (Å²) in [6, 6.07) is 3.35. The highest BCUT2D eigenvalue weighted by atomic mass is 19.2. The summed E-state index contributed by atoms with van der Waals surface area (Å²) < 4.78 is 26.1. The van der Waals surface area contributed by atoms with E-state index >= 15 is 0 Å². The van der Waals surface area contributed by atoms with Crippen molar-refractivity contribution in [2.45, 2.75) is 51.6 Å². The van der Waals surface area contributed by atoms with Crippen molar-refractivity contribution in [2.24, 2.45) is 5.92 Å². The van der Waals surface area contributed by atoms with E-state index in [1.165, 1.54) is 19.1 Å². The molecule has 1 saturated heterocycles. The van der Waals surface area contributed by atoms with E-state index in [1.54, 1.807) is 4.90 Å². The molecule has 2 aliphatic rings. The largest absolute Gasteiger partial charge is 0.480 e. The molecule has 0 spiro atoms. The maximum Gasteiger partial charge on any atom is 0.326 e. The summed E-state index contributed by atoms with van der Waals surface area (Å²) in [6.45, 7) is 2.14. The second kappa shape index (κ2) is 9.43. The number of nitrogens with one attached hydrogen (secondary N) is 1. The molecule has 1 saturated carbocycles. The Bertz CT molecular complexity index is 707. The second-order valence-corrected chi connectivity index (χ2v) is 6.90. The molecule has 1 aliphatic carbocycles. The highest BCUT2D eigenvalue weighted by Crippen LogP contribution is 2.33. The zero-order valence-electron chi connectivity index (χ0n) is 15.2. The molecule has 1 aromatic rings. The summed E-state index contributed by atoms with van der Waals surface area (Å²) in [4.78, 5) is 34.0. The Labute approximate surface area is 156 Å². The molecule has 1 aliphatic heterocycles. The van der Waals surface area contributed by atoms with Gasteiger partial charge < -0.3 is 15.3 Å². The third kappa shape index (κ3) is 6.62. The van der Waals surface area contributed by atoms with Gasteiger partial charge in [-0.05, 0) is 24.8 Å². The van der Waals surface area contributed by atoms with Crippen LogP contribution in [-0.2, 0) is 20.9 Å². The number of benzene rings is 1. The molecule has 8 heteroatoms. The van der Waals surface area contributed by atoms with Crippen molar-refractivity contribution in [2.75, 3.05) is 6.54 Å². The Morgan fingerprint density at radius 1 is 1.33 bits per heavy atom. The van der Waals surface area contributed by atoms with Gasteiger partial charge in [0.1, 0.15) is 6.04 Å². The monoisotopic (exact) mass is 382 g/mol. The number of rotatable bonds is 6. The summed E-state index contributed by atoms with van der Waals surface area (Å²) in [5, 5.41) is 11.1. The van der Waals surface area contributed by atoms with Gasteiger partial charge in [0.05, 0.1) is 0 Å². The minimum Gasteiger partial charge on any atom is -0.480 e. The Morgan fingerprint density at radius 2 is 2.04 bits per heavy atom. The lowest BCUT2D eigenvalue weighted by atomic mass is 10.1. The molecule has 0 aromatic heterocycles. The number of carbonyl (C=O) groups is 3. The molecular weight excluding hydrogens is 358 g/mol. The first-order chi connectivity index (χ1) is 12.8. The van der Waals surface area contributed by atoms with Crippen LogP contribution in [0.1, 0.15) is 44.6 Å². The highest BCUT2D eigenvalue weighted by molar-refractivity contribution is 5.82. The molecule has 1 heterocycles. The van der Waals surface area contributed by atoms with Gasteiger partial charge in [-0.15, -0.1) is 0 Å². The van der Waals surface area contributed by atoms with E-state index in [1.807, 2.05) is 0 Å². The molecule has 148 valence electrons. The van der Waals surface area contributed by atoms with E-state index in [9.17, 15) is 23.2 Å². The van der Waals surface area contributed by atoms with Crippen molar-refractivity contribution in [3.05, 3.63) is 35.4 Å². The van der Waals surface area contributed by atoms with Crippen LogP contribution >= 0.6 is 0 Å². The molecule has 1 unspecified atom stereocenters. The van der Waals surface area contributed by atoms with Gasteiger partial charge in [-0.1, -0.05) is 25.0 Å². The SMILES string of the molecule is CC(=O)NC(CC1CC1)C(=O)O.O=C1CCCN1Cc1cccc(F)c1F. The fourth-order valence-electron chi connectivity index (χ4n) is 2.90. The van der Waals surface area contributed by atoms with Crippen LogP contribution < -0.4 is 5.32 Å². The van der Waals surface area contributed by atoms with Crippen molar-refractivity contribution < 1.29 is 28.3 Å². The molecule has 0 bridgehead atoms. The predicted octanol–water partition coefficient (Wildman–Crippen LogP) is 2.46. The number of carboxylic acids is 1. The minimum absolute atomic E-state index is 0.0126. The quantitative estimate of drug-likeness (QED) is 0.791. The van der Waals surface area contributed by atoms with E-state index in [0.717, 1.165) is 25.3 Å². The third-order valence-electron chi connectivity index (χ3n) is 4.51. The number of hydrogen-bond donors (Lipinski definition) is 2. The Kier molecular flexibility index (Phi) is 7.27. The van der Waals surface area contributed by atoms with Crippen molar-refractivity contribution >= 4 is 17.8 Å². The molecular formula is C19H24F2N2O4. The average Bonchev–Trinajstić information content (AvgIpc) is 3.33. The topological polar surface area (TPSA) is 86.7 Å². The van der Waals surface area contributed by atoms with Crippen LogP contribution in [0.2, 0.25) is 0 Å². The van der Waals surface area contributed by atoms with Crippen molar-refractivity contribution in [3.63, 3.8) is 0 Å². The van der Waals surface area contributed by atoms with Crippen LogP contribution in [0.5, 0.6) is 0 Å². The summed E-state index contributed by atoms with van der Waals surface area (Å²) in [7, 11) is 0. The van der Waals surface area contributed by atoms with Gasteiger partial charge in [-0.3, -0.25) is 9.59 Å². The fraction of sp³-hybridized carbons (Fsp3) is 0.526. The Balaban J connectivity index is 0.000000199. The number of aliphatic carboxylic acids is 1. The van der Waals surface area contributed by atoms with Crippen LogP contribution in [0, 0.1) is 17.6 Å². The molecule has 0 radical (unpaired) electrons. The molecule has 6 nitrogen and oxygen atoms in total. The third-order valence-corrected chi connectivity index (χ3v) is 4.51. The van der Waals surface area contributed by atoms with E-state index in [2.05, 4.69) is 5.32 Å². The summed E-state index contributed by atoms with van der Waals surface area (Å²) in [5.74, 6) is -2.40. The summed E-state index contributed by atoms with van der Waals surface area (Å²) in [6.07, 6.45) is 4.09. The van der Waals surface area contributed by atoms with Crippen LogP contribution in [0.15, 0.2) is 18.2 Å². The number of halogens is 2. The van der Waals surface area contributed by atoms with Crippen molar-refractivity contribution in [1.82, 2.24) is 10.2 Å². The van der Waals surface area contributed by atoms with Crippen LogP contribution in [-0.4, -0.2) is 40.4 Å². The molecule has 1 atom stereocenters. The number of likely N-dealkylation sites (tertiary alicyclic amines) is 1. The highest BCUT2D eigenvalue weighted by Gasteiger charge is 2.29. The van der Waals surface area contributed by atoms with Gasteiger partial charge in [0.25, 0.3) is 0 Å². The van der Waals surface area contributed by atoms with Gasteiger partial charge in [0.2, 0.25) is 11.8 Å². The van der Waals surface area contributed by atoms with Gasteiger partial charge in [-0.25, -0.2) is 13.6 Å². The lowest BCUT2D eigenvalue weighted by molar-refractivity contribution is -0.141. The number of nitrogens with zero attached hydrogens (tertiary/aromatic N) is 1. The van der Waals surface area contributed by atoms with Crippen molar-refractivity contribution in [1.29, 1.82) is 0 Å². The maximum absolute atomic E-state index is 13.3. The lowest BCUT2D eigenvalue weighted by Gasteiger charge is -2.15. The smallest absolute Gasteiger partial charge is 0.326 e. The molecule has 3 rings (SSSR count). The fourth-order valence-corrected chi connectivity index (χ4v) is 2.90. The van der Waals surface area contributed by atoms with Gasteiger partial charge in [0.15, 0.2) is 11.6 Å². The zero-order valence-corrected chi connectivity index (χ0v) is 15.2. The average molecular weight is 382 g/mol. The van der Waals surface area contributed by atoms with Crippen molar-refractivity contribution in [3.8, 4) is 0 Å². The minimum atomic E-state index is -0.933. The maximum atomic E-state index is 13.3. The second-order valence-electron chi connectivity index (χ2n) is 6.90. The standard InChI is InChI=1S/C11H11F2NO.C8H13NO3/c12-9-4-1-3-8(11(9)13)7-14-6-2-5-10(14)15;1-5(10)9-7(8(11)12)4-6-2-3-6/h1,3-4H,2,5-7H2;6-7H,2-4H2,1H3,(H,9,10)(H,11,12). The Morgan fingerprint density at radius 3 is 2.56 bits per heavy atom. The Hall–Kier alpha value is -2.51. The molecule has 2 N–H and O–H groups in total. The first-order valence-electron chi connectivity index (χ1n) is 8.98. The number of carbonyl (C=O) groups excluding carboxylic acids is 2. The van der Waals surface area contributed by atoms with Crippen LogP contribution in [0.25, 0.3) is 0 Å². The molecule has 2 fully saturated rings. The predicted molar refractivity (Wildman–Crippen MR) is 93.6 cm³/mol. The van der Waals surface area contributed by atoms with E-state index < -0.39 is 23.6 Å². The number of carboxylic acid groups (broad SMARTS) is 1. The zero-order chi connectivity index (χ0) is 20.0. The molecule has 27 heavy (non-hydrogen) atoms. The van der Waals surface area contributed by atoms with Gasteiger partial charge in [0, 0.05) is 32.0 Å². The van der Waals surface area contributed by atoms with E-state index in [4.69, 9.17) is 5.11 Å². The van der Waals surface area contributed by atoms with Crippen LogP contribution in [0.4, 0.5) is 8.78 Å². The van der Waals surface area contributed by atoms with E-state index in [0.29, 0.717) is 25.3 Å². The van der Waals surface area contributed by atoms with Crippen LogP contribution in [0.3, 0.4) is 0 Å².